The molecule has 1 heterocycles. The molecule has 0 spiro atoms. The van der Waals surface area contributed by atoms with Crippen LogP contribution in [-0.4, -0.2) is 24.3 Å². The Labute approximate surface area is 101 Å². The first-order chi connectivity index (χ1) is 7.47. The number of nitrogens with one attached hydrogen (secondary N) is 1. The van der Waals surface area contributed by atoms with Gasteiger partial charge in [0.25, 0.3) is 0 Å². The van der Waals surface area contributed by atoms with E-state index in [1.165, 1.54) is 38.5 Å². The summed E-state index contributed by atoms with van der Waals surface area (Å²) in [5, 5.41) is 3.49. The van der Waals surface area contributed by atoms with E-state index in [1.54, 1.807) is 0 Å². The number of ether oxygens (including phenoxy) is 1. The van der Waals surface area contributed by atoms with Gasteiger partial charge in [-0.15, -0.1) is 0 Å². The van der Waals surface area contributed by atoms with Gasteiger partial charge in [-0.2, -0.15) is 0 Å². The van der Waals surface area contributed by atoms with Gasteiger partial charge >= 0.3 is 0 Å². The molecule has 0 aromatic rings. The van der Waals surface area contributed by atoms with Crippen LogP contribution in [0.5, 0.6) is 0 Å². The van der Waals surface area contributed by atoms with Crippen molar-refractivity contribution in [3.63, 3.8) is 0 Å². The van der Waals surface area contributed by atoms with Gasteiger partial charge in [0, 0.05) is 13.1 Å². The molecule has 1 atom stereocenters. The Morgan fingerprint density at radius 3 is 2.31 bits per heavy atom. The van der Waals surface area contributed by atoms with Crippen LogP contribution >= 0.6 is 0 Å². The van der Waals surface area contributed by atoms with Crippen molar-refractivity contribution in [2.75, 3.05) is 13.1 Å². The van der Waals surface area contributed by atoms with E-state index in [1.807, 2.05) is 0 Å². The maximum atomic E-state index is 6.21. The molecule has 1 N–H and O–H groups in total. The van der Waals surface area contributed by atoms with Crippen LogP contribution < -0.4 is 5.32 Å². The van der Waals surface area contributed by atoms with Gasteiger partial charge in [0.15, 0.2) is 0 Å². The smallest absolute Gasteiger partial charge is 0.0786 e. The Hall–Kier alpha value is -0.0800. The van der Waals surface area contributed by atoms with Crippen molar-refractivity contribution in [1.29, 1.82) is 0 Å². The van der Waals surface area contributed by atoms with Crippen LogP contribution in [0.15, 0.2) is 0 Å². The SMILES string of the molecule is CCCCCCCC1(C)CNCC(C)(C)O1. The molecule has 1 saturated heterocycles. The zero-order valence-corrected chi connectivity index (χ0v) is 11.6. The first-order valence-corrected chi connectivity index (χ1v) is 6.88. The van der Waals surface area contributed by atoms with Crippen LogP contribution in [0.4, 0.5) is 0 Å². The summed E-state index contributed by atoms with van der Waals surface area (Å²) in [6.45, 7) is 10.8. The van der Waals surface area contributed by atoms with Gasteiger partial charge in [0.2, 0.25) is 0 Å². The molecule has 16 heavy (non-hydrogen) atoms. The fourth-order valence-corrected chi connectivity index (χ4v) is 2.61. The van der Waals surface area contributed by atoms with Crippen molar-refractivity contribution in [2.24, 2.45) is 0 Å². The van der Waals surface area contributed by atoms with Crippen LogP contribution in [0.2, 0.25) is 0 Å². The van der Waals surface area contributed by atoms with E-state index in [0.717, 1.165) is 13.1 Å². The Bertz CT molecular complexity index is 203. The molecule has 1 fully saturated rings. The summed E-state index contributed by atoms with van der Waals surface area (Å²) < 4.78 is 6.21. The molecule has 0 bridgehead atoms. The molecule has 2 nitrogen and oxygen atoms in total. The van der Waals surface area contributed by atoms with Crippen molar-refractivity contribution in [2.45, 2.75) is 77.4 Å². The molecule has 0 aromatic carbocycles. The summed E-state index contributed by atoms with van der Waals surface area (Å²) in [4.78, 5) is 0. The molecule has 1 aliphatic heterocycles. The number of hydrogen-bond donors (Lipinski definition) is 1. The molecule has 1 aliphatic rings. The first kappa shape index (κ1) is 14.0. The lowest BCUT2D eigenvalue weighted by Crippen LogP contribution is -2.56. The molecule has 0 aromatic heterocycles. The van der Waals surface area contributed by atoms with Crippen molar-refractivity contribution in [1.82, 2.24) is 5.32 Å². The quantitative estimate of drug-likeness (QED) is 0.701. The van der Waals surface area contributed by atoms with Crippen LogP contribution in [0.25, 0.3) is 0 Å². The maximum Gasteiger partial charge on any atom is 0.0786 e. The zero-order valence-electron chi connectivity index (χ0n) is 11.6. The summed E-state index contributed by atoms with van der Waals surface area (Å²) in [6, 6.07) is 0. The molecule has 0 saturated carbocycles. The molecule has 0 aliphatic carbocycles. The predicted molar refractivity (Wildman–Crippen MR) is 69.8 cm³/mol. The fraction of sp³-hybridized carbons (Fsp3) is 1.00. The molecule has 2 heteroatoms. The van der Waals surface area contributed by atoms with E-state index >= 15 is 0 Å². The average Bonchev–Trinajstić information content (AvgIpc) is 2.15. The largest absolute Gasteiger partial charge is 0.367 e. The molecule has 96 valence electrons. The van der Waals surface area contributed by atoms with Crippen molar-refractivity contribution < 1.29 is 4.74 Å². The Kier molecular flexibility index (Phi) is 5.26. The van der Waals surface area contributed by atoms with E-state index < -0.39 is 0 Å². The average molecular weight is 227 g/mol. The lowest BCUT2D eigenvalue weighted by atomic mass is 9.93. The summed E-state index contributed by atoms with van der Waals surface area (Å²) >= 11 is 0. The third-order valence-electron chi connectivity index (χ3n) is 3.38. The van der Waals surface area contributed by atoms with Crippen LogP contribution in [0.1, 0.15) is 66.2 Å². The summed E-state index contributed by atoms with van der Waals surface area (Å²) in [6.07, 6.45) is 7.92. The lowest BCUT2D eigenvalue weighted by molar-refractivity contribution is -0.156. The monoisotopic (exact) mass is 227 g/mol. The molecule has 0 amide bonds. The van der Waals surface area contributed by atoms with Crippen molar-refractivity contribution >= 4 is 0 Å². The van der Waals surface area contributed by atoms with Crippen LogP contribution in [0, 0.1) is 0 Å². The summed E-state index contributed by atoms with van der Waals surface area (Å²) in [7, 11) is 0. The van der Waals surface area contributed by atoms with Crippen LogP contribution in [0.3, 0.4) is 0 Å². The standard InChI is InChI=1S/C14H29NO/c1-5-6-7-8-9-10-14(4)12-15-11-13(2,3)16-14/h15H,5-12H2,1-4H3. The van der Waals surface area contributed by atoms with E-state index in [9.17, 15) is 0 Å². The van der Waals surface area contributed by atoms with E-state index in [-0.39, 0.29) is 11.2 Å². The van der Waals surface area contributed by atoms with Gasteiger partial charge in [-0.1, -0.05) is 39.0 Å². The number of morpholine rings is 1. The third kappa shape index (κ3) is 4.84. The minimum Gasteiger partial charge on any atom is -0.367 e. The second-order valence-electron chi connectivity index (χ2n) is 6.08. The number of rotatable bonds is 6. The van der Waals surface area contributed by atoms with Gasteiger partial charge < -0.3 is 10.1 Å². The van der Waals surface area contributed by atoms with Gasteiger partial charge in [-0.25, -0.2) is 0 Å². The molecular weight excluding hydrogens is 198 g/mol. The fourth-order valence-electron chi connectivity index (χ4n) is 2.61. The highest BCUT2D eigenvalue weighted by molar-refractivity contribution is 4.89. The van der Waals surface area contributed by atoms with E-state index in [4.69, 9.17) is 4.74 Å². The Balaban J connectivity index is 2.23. The summed E-state index contributed by atoms with van der Waals surface area (Å²) in [5.74, 6) is 0. The first-order valence-electron chi connectivity index (χ1n) is 6.88. The Morgan fingerprint density at radius 2 is 1.69 bits per heavy atom. The van der Waals surface area contributed by atoms with E-state index in [2.05, 4.69) is 33.0 Å². The molecule has 1 rings (SSSR count). The predicted octanol–water partition coefficient (Wildman–Crippen LogP) is 3.50. The third-order valence-corrected chi connectivity index (χ3v) is 3.38. The topological polar surface area (TPSA) is 21.3 Å². The molecular formula is C14H29NO. The van der Waals surface area contributed by atoms with Gasteiger partial charge in [-0.05, 0) is 27.2 Å². The van der Waals surface area contributed by atoms with Gasteiger partial charge in [0.05, 0.1) is 11.2 Å². The minimum atomic E-state index is -0.00355. The van der Waals surface area contributed by atoms with Crippen LogP contribution in [-0.2, 0) is 4.74 Å². The highest BCUT2D eigenvalue weighted by Crippen LogP contribution is 2.28. The number of unbranched alkanes of at least 4 members (excludes halogenated alkanes) is 4. The zero-order chi connectivity index (χ0) is 12.1. The maximum absolute atomic E-state index is 6.21. The normalized spacial score (nSPS) is 29.2. The van der Waals surface area contributed by atoms with E-state index in [0.29, 0.717) is 0 Å². The number of hydrogen-bond acceptors (Lipinski definition) is 2. The highest BCUT2D eigenvalue weighted by Gasteiger charge is 2.36. The second-order valence-corrected chi connectivity index (χ2v) is 6.08. The lowest BCUT2D eigenvalue weighted by Gasteiger charge is -2.44. The second kappa shape index (κ2) is 6.02. The minimum absolute atomic E-state index is 0.00355. The summed E-state index contributed by atoms with van der Waals surface area (Å²) in [5.41, 5.74) is 0.0460. The highest BCUT2D eigenvalue weighted by atomic mass is 16.5. The van der Waals surface area contributed by atoms with Gasteiger partial charge in [0.1, 0.15) is 0 Å². The molecule has 0 radical (unpaired) electrons. The molecule has 1 unspecified atom stereocenters. The Morgan fingerprint density at radius 1 is 1.00 bits per heavy atom. The van der Waals surface area contributed by atoms with Crippen molar-refractivity contribution in [3.8, 4) is 0 Å². The van der Waals surface area contributed by atoms with Gasteiger partial charge in [-0.3, -0.25) is 0 Å². The van der Waals surface area contributed by atoms with Crippen molar-refractivity contribution in [3.05, 3.63) is 0 Å².